The van der Waals surface area contributed by atoms with Crippen LogP contribution in [0.25, 0.3) is 0 Å². The van der Waals surface area contributed by atoms with Crippen LogP contribution < -0.4 is 0 Å². The molecule has 1 aliphatic heterocycles. The zero-order chi connectivity index (χ0) is 22.4. The summed E-state index contributed by atoms with van der Waals surface area (Å²) in [6.45, 7) is 4.78. The zero-order valence-corrected chi connectivity index (χ0v) is 17.9. The number of aliphatic carboxylic acids is 3. The molecule has 0 aliphatic carbocycles. The molecule has 0 saturated carbocycles. The van der Waals surface area contributed by atoms with Crippen LogP contribution in [0, 0.1) is 0 Å². The Morgan fingerprint density at radius 1 is 0.700 bits per heavy atom. The van der Waals surface area contributed by atoms with Gasteiger partial charge < -0.3 is 20.2 Å². The van der Waals surface area contributed by atoms with Crippen molar-refractivity contribution in [3.05, 3.63) is 0 Å². The molecule has 0 aromatic heterocycles. The standard InChI is InChI=1S/C18H31N5O6S/c24-16(25)12-21-6-4-20(3-1-2-19-15-30)5-7-22(13-17(26)27)9-11-23(10-8-21)14-18(28)29/h1-14H2,(H,24,25)(H,26,27)(H,28,29). The fraction of sp³-hybridized carbons (Fsp3) is 0.778. The molecule has 11 nitrogen and oxygen atoms in total. The van der Waals surface area contributed by atoms with Crippen LogP contribution in [-0.2, 0) is 14.4 Å². The average Bonchev–Trinajstić information content (AvgIpc) is 2.65. The number of nitrogens with zero attached hydrogens (tertiary/aromatic N) is 5. The molecule has 0 aromatic rings. The Labute approximate surface area is 181 Å². The molecule has 0 atom stereocenters. The van der Waals surface area contributed by atoms with Gasteiger partial charge in [0.2, 0.25) is 0 Å². The monoisotopic (exact) mass is 445 g/mol. The molecular weight excluding hydrogens is 414 g/mol. The molecule has 0 unspecified atom stereocenters. The Morgan fingerprint density at radius 3 is 1.33 bits per heavy atom. The van der Waals surface area contributed by atoms with Gasteiger partial charge in [-0.3, -0.25) is 29.1 Å². The summed E-state index contributed by atoms with van der Waals surface area (Å²) in [5.41, 5.74) is 0. The lowest BCUT2D eigenvalue weighted by atomic mass is 10.3. The second-order valence-electron chi connectivity index (χ2n) is 7.18. The molecule has 1 heterocycles. The largest absolute Gasteiger partial charge is 0.480 e. The van der Waals surface area contributed by atoms with E-state index in [9.17, 15) is 24.6 Å². The minimum absolute atomic E-state index is 0.116. The van der Waals surface area contributed by atoms with Crippen LogP contribution >= 0.6 is 12.2 Å². The maximum Gasteiger partial charge on any atom is 0.317 e. The van der Waals surface area contributed by atoms with Gasteiger partial charge in [-0.15, -0.1) is 0 Å². The van der Waals surface area contributed by atoms with Crippen LogP contribution in [-0.4, -0.2) is 143 Å². The smallest absolute Gasteiger partial charge is 0.317 e. The van der Waals surface area contributed by atoms with Crippen molar-refractivity contribution >= 4 is 35.3 Å². The summed E-state index contributed by atoms with van der Waals surface area (Å²) in [5.74, 6) is -2.83. The van der Waals surface area contributed by atoms with Crippen molar-refractivity contribution in [2.45, 2.75) is 6.42 Å². The molecule has 0 aromatic carbocycles. The van der Waals surface area contributed by atoms with Gasteiger partial charge in [0, 0.05) is 58.9 Å². The summed E-state index contributed by atoms with van der Waals surface area (Å²) in [5, 5.41) is 29.9. The number of hydrogen-bond acceptors (Lipinski definition) is 9. The van der Waals surface area contributed by atoms with Crippen molar-refractivity contribution in [2.24, 2.45) is 4.99 Å². The van der Waals surface area contributed by atoms with Gasteiger partial charge in [-0.05, 0) is 18.6 Å². The van der Waals surface area contributed by atoms with Crippen molar-refractivity contribution in [1.29, 1.82) is 0 Å². The van der Waals surface area contributed by atoms with Crippen molar-refractivity contribution in [2.75, 3.05) is 85.1 Å². The van der Waals surface area contributed by atoms with Crippen molar-refractivity contribution < 1.29 is 29.7 Å². The third kappa shape index (κ3) is 12.6. The third-order valence-electron chi connectivity index (χ3n) is 4.82. The van der Waals surface area contributed by atoms with E-state index in [1.54, 1.807) is 14.7 Å². The number of rotatable bonds is 10. The number of aliphatic imine (C=N–C) groups is 1. The van der Waals surface area contributed by atoms with Crippen molar-refractivity contribution in [1.82, 2.24) is 19.6 Å². The molecule has 0 amide bonds. The first-order chi connectivity index (χ1) is 14.3. The van der Waals surface area contributed by atoms with Crippen LogP contribution in [0.5, 0.6) is 0 Å². The van der Waals surface area contributed by atoms with Crippen molar-refractivity contribution in [3.63, 3.8) is 0 Å². The Morgan fingerprint density at radius 2 is 1.03 bits per heavy atom. The highest BCUT2D eigenvalue weighted by Crippen LogP contribution is 2.02. The quantitative estimate of drug-likeness (QED) is 0.216. The number of carboxylic acid groups (broad SMARTS) is 3. The third-order valence-corrected chi connectivity index (χ3v) is 4.94. The van der Waals surface area contributed by atoms with Gasteiger partial charge >= 0.3 is 17.9 Å². The van der Waals surface area contributed by atoms with Crippen LogP contribution in [0.2, 0.25) is 0 Å². The minimum atomic E-state index is -0.971. The molecule has 1 fully saturated rings. The molecular formula is C18H31N5O6S. The van der Waals surface area contributed by atoms with E-state index in [1.165, 1.54) is 0 Å². The first-order valence-electron chi connectivity index (χ1n) is 9.88. The lowest BCUT2D eigenvalue weighted by Gasteiger charge is -2.33. The van der Waals surface area contributed by atoms with Gasteiger partial charge in [0.05, 0.1) is 31.3 Å². The van der Waals surface area contributed by atoms with Gasteiger partial charge in [-0.1, -0.05) is 0 Å². The van der Waals surface area contributed by atoms with E-state index in [0.717, 1.165) is 13.0 Å². The lowest BCUT2D eigenvalue weighted by molar-refractivity contribution is -0.140. The highest BCUT2D eigenvalue weighted by Gasteiger charge is 2.19. The van der Waals surface area contributed by atoms with E-state index < -0.39 is 17.9 Å². The van der Waals surface area contributed by atoms with E-state index >= 15 is 0 Å². The Kier molecular flexibility index (Phi) is 13.0. The maximum atomic E-state index is 11.2. The Balaban J connectivity index is 2.87. The highest BCUT2D eigenvalue weighted by atomic mass is 32.1. The predicted octanol–water partition coefficient (Wildman–Crippen LogP) is -1.05. The molecule has 0 bridgehead atoms. The molecule has 0 spiro atoms. The average molecular weight is 446 g/mol. The van der Waals surface area contributed by atoms with E-state index in [-0.39, 0.29) is 19.6 Å². The van der Waals surface area contributed by atoms with E-state index in [4.69, 9.17) is 5.11 Å². The van der Waals surface area contributed by atoms with Crippen LogP contribution in [0.1, 0.15) is 6.42 Å². The number of carboxylic acids is 3. The first kappa shape index (κ1) is 26.1. The minimum Gasteiger partial charge on any atom is -0.480 e. The van der Waals surface area contributed by atoms with Gasteiger partial charge in [-0.2, -0.15) is 0 Å². The number of hydrogen-bond donors (Lipinski definition) is 3. The van der Waals surface area contributed by atoms with Gasteiger partial charge in [0.25, 0.3) is 0 Å². The molecule has 1 aliphatic rings. The Hall–Kier alpha value is -1.95. The predicted molar refractivity (Wildman–Crippen MR) is 113 cm³/mol. The topological polar surface area (TPSA) is 137 Å². The number of thiocarbonyl (C=S) groups is 1. The lowest BCUT2D eigenvalue weighted by Crippen LogP contribution is -2.48. The second kappa shape index (κ2) is 14.9. The van der Waals surface area contributed by atoms with E-state index in [0.29, 0.717) is 58.9 Å². The van der Waals surface area contributed by atoms with E-state index in [1.807, 2.05) is 0 Å². The van der Waals surface area contributed by atoms with E-state index in [2.05, 4.69) is 27.3 Å². The fourth-order valence-corrected chi connectivity index (χ4v) is 3.36. The fourth-order valence-electron chi connectivity index (χ4n) is 3.27. The van der Waals surface area contributed by atoms with Gasteiger partial charge in [0.1, 0.15) is 0 Å². The van der Waals surface area contributed by atoms with Crippen LogP contribution in [0.4, 0.5) is 0 Å². The number of isothiocyanates is 1. The second-order valence-corrected chi connectivity index (χ2v) is 7.36. The summed E-state index contributed by atoms with van der Waals surface area (Å²) in [6.07, 6.45) is 0.772. The maximum absolute atomic E-state index is 11.2. The summed E-state index contributed by atoms with van der Waals surface area (Å²) in [7, 11) is 0. The normalized spacial score (nSPS) is 18.7. The van der Waals surface area contributed by atoms with Gasteiger partial charge in [-0.25, -0.2) is 4.99 Å². The molecule has 0 radical (unpaired) electrons. The van der Waals surface area contributed by atoms with Crippen LogP contribution in [0.3, 0.4) is 0 Å². The highest BCUT2D eigenvalue weighted by molar-refractivity contribution is 7.78. The summed E-state index contributed by atoms with van der Waals surface area (Å²) in [6, 6.07) is 0. The molecule has 12 heteroatoms. The molecule has 30 heavy (non-hydrogen) atoms. The molecule has 170 valence electrons. The summed E-state index contributed by atoms with van der Waals surface area (Å²) in [4.78, 5) is 45.0. The van der Waals surface area contributed by atoms with Gasteiger partial charge in [0.15, 0.2) is 0 Å². The zero-order valence-electron chi connectivity index (χ0n) is 17.1. The summed E-state index contributed by atoms with van der Waals surface area (Å²) >= 11 is 4.57. The summed E-state index contributed by atoms with van der Waals surface area (Å²) < 4.78 is 0. The first-order valence-corrected chi connectivity index (χ1v) is 10.3. The Bertz CT molecular complexity index is 584. The molecule has 1 saturated heterocycles. The number of carbonyl (C=O) groups is 3. The SMILES string of the molecule is O=C(O)CN1CCN(CCCN=C=S)CCN(CC(=O)O)CCN(CC(=O)O)CC1. The van der Waals surface area contributed by atoms with Crippen LogP contribution in [0.15, 0.2) is 4.99 Å². The molecule has 1 rings (SSSR count). The van der Waals surface area contributed by atoms with Crippen molar-refractivity contribution in [3.8, 4) is 0 Å². The molecule has 3 N–H and O–H groups in total.